The molecule has 1 amide bonds. The van der Waals surface area contributed by atoms with Gasteiger partial charge in [-0.2, -0.15) is 4.98 Å². The van der Waals surface area contributed by atoms with Crippen LogP contribution in [0.5, 0.6) is 0 Å². The summed E-state index contributed by atoms with van der Waals surface area (Å²) in [4.78, 5) is 22.9. The van der Waals surface area contributed by atoms with E-state index < -0.39 is 0 Å². The van der Waals surface area contributed by atoms with Crippen LogP contribution >= 0.6 is 0 Å². The standard InChI is InChI=1S/C20H22N6O/c1-25(2)17-7-3-5-14(11-17)15-8-10-26-18(12-15)22-20(24-26)23-19(27)16-6-4-9-21-13-16/h3-7,9,11,13,15H,8,10,12H2,1-2H3,(H,23,24,27). The minimum absolute atomic E-state index is 0.249. The Morgan fingerprint density at radius 3 is 2.93 bits per heavy atom. The van der Waals surface area contributed by atoms with Crippen molar-refractivity contribution in [2.24, 2.45) is 0 Å². The quantitative estimate of drug-likeness (QED) is 0.772. The Bertz CT molecular complexity index is 950. The summed E-state index contributed by atoms with van der Waals surface area (Å²) in [6, 6.07) is 12.1. The van der Waals surface area contributed by atoms with Gasteiger partial charge in [0.15, 0.2) is 0 Å². The number of hydrogen-bond acceptors (Lipinski definition) is 5. The minimum atomic E-state index is -0.249. The number of fused-ring (bicyclic) bond motifs is 1. The first kappa shape index (κ1) is 17.2. The van der Waals surface area contributed by atoms with E-state index in [-0.39, 0.29) is 5.91 Å². The molecule has 0 bridgehead atoms. The molecule has 27 heavy (non-hydrogen) atoms. The monoisotopic (exact) mass is 362 g/mol. The van der Waals surface area contributed by atoms with Crippen molar-refractivity contribution in [1.82, 2.24) is 19.7 Å². The molecule has 0 fully saturated rings. The van der Waals surface area contributed by atoms with E-state index >= 15 is 0 Å². The van der Waals surface area contributed by atoms with Gasteiger partial charge in [0, 0.05) is 45.1 Å². The number of pyridine rings is 1. The van der Waals surface area contributed by atoms with Gasteiger partial charge in [-0.25, -0.2) is 4.68 Å². The maximum atomic E-state index is 12.3. The maximum absolute atomic E-state index is 12.3. The summed E-state index contributed by atoms with van der Waals surface area (Å²) >= 11 is 0. The van der Waals surface area contributed by atoms with E-state index in [4.69, 9.17) is 0 Å². The molecule has 3 aromatic rings. The van der Waals surface area contributed by atoms with Gasteiger partial charge in [-0.1, -0.05) is 12.1 Å². The molecule has 1 aliphatic heterocycles. The SMILES string of the molecule is CN(C)c1cccc(C2CCn3nc(NC(=O)c4cccnc4)nc3C2)c1. The molecule has 1 aromatic carbocycles. The van der Waals surface area contributed by atoms with Crippen LogP contribution in [0, 0.1) is 0 Å². The molecule has 0 saturated carbocycles. The average Bonchev–Trinajstić information content (AvgIpc) is 3.10. The van der Waals surface area contributed by atoms with Crippen LogP contribution in [-0.2, 0) is 13.0 Å². The summed E-state index contributed by atoms with van der Waals surface area (Å²) in [5.74, 6) is 1.41. The van der Waals surface area contributed by atoms with Crippen LogP contribution in [0.15, 0.2) is 48.8 Å². The highest BCUT2D eigenvalue weighted by molar-refractivity contribution is 6.03. The lowest BCUT2D eigenvalue weighted by Gasteiger charge is -2.23. The molecule has 138 valence electrons. The first-order chi connectivity index (χ1) is 13.1. The van der Waals surface area contributed by atoms with Gasteiger partial charge in [-0.3, -0.25) is 15.1 Å². The first-order valence-electron chi connectivity index (χ1n) is 9.02. The van der Waals surface area contributed by atoms with E-state index in [0.717, 1.165) is 25.2 Å². The number of carbonyl (C=O) groups is 1. The zero-order valence-corrected chi connectivity index (χ0v) is 15.5. The first-order valence-corrected chi connectivity index (χ1v) is 9.02. The molecule has 1 unspecified atom stereocenters. The van der Waals surface area contributed by atoms with Gasteiger partial charge in [0.1, 0.15) is 5.82 Å². The molecule has 0 spiro atoms. The van der Waals surface area contributed by atoms with Crippen LogP contribution < -0.4 is 10.2 Å². The fraction of sp³-hybridized carbons (Fsp3) is 0.300. The van der Waals surface area contributed by atoms with Gasteiger partial charge in [0.05, 0.1) is 5.56 Å². The van der Waals surface area contributed by atoms with Crippen LogP contribution in [0.25, 0.3) is 0 Å². The Morgan fingerprint density at radius 1 is 1.26 bits per heavy atom. The molecule has 1 atom stereocenters. The largest absolute Gasteiger partial charge is 0.378 e. The molecule has 0 saturated heterocycles. The lowest BCUT2D eigenvalue weighted by molar-refractivity contribution is 0.102. The number of aryl methyl sites for hydroxylation is 1. The highest BCUT2D eigenvalue weighted by Gasteiger charge is 2.24. The lowest BCUT2D eigenvalue weighted by atomic mass is 9.90. The van der Waals surface area contributed by atoms with E-state index in [1.807, 2.05) is 18.8 Å². The third-order valence-electron chi connectivity index (χ3n) is 4.87. The Balaban J connectivity index is 1.49. The van der Waals surface area contributed by atoms with Gasteiger partial charge in [0.25, 0.3) is 5.91 Å². The van der Waals surface area contributed by atoms with Crippen molar-refractivity contribution < 1.29 is 4.79 Å². The summed E-state index contributed by atoms with van der Waals surface area (Å²) in [7, 11) is 4.10. The number of nitrogens with one attached hydrogen (secondary N) is 1. The predicted molar refractivity (Wildman–Crippen MR) is 104 cm³/mol. The van der Waals surface area contributed by atoms with Gasteiger partial charge in [-0.05, 0) is 42.2 Å². The van der Waals surface area contributed by atoms with Gasteiger partial charge in [0.2, 0.25) is 5.95 Å². The molecule has 0 aliphatic carbocycles. The Labute approximate surface area is 158 Å². The third-order valence-corrected chi connectivity index (χ3v) is 4.87. The van der Waals surface area contributed by atoms with E-state index in [2.05, 4.69) is 49.5 Å². The predicted octanol–water partition coefficient (Wildman–Crippen LogP) is 2.72. The number of benzene rings is 1. The van der Waals surface area contributed by atoms with Gasteiger partial charge < -0.3 is 4.90 Å². The van der Waals surface area contributed by atoms with E-state index in [1.54, 1.807) is 18.3 Å². The molecular weight excluding hydrogens is 340 g/mol. The molecule has 2 aromatic heterocycles. The second-order valence-electron chi connectivity index (χ2n) is 6.95. The zero-order valence-electron chi connectivity index (χ0n) is 15.5. The highest BCUT2D eigenvalue weighted by Crippen LogP contribution is 2.30. The van der Waals surface area contributed by atoms with Crippen LogP contribution in [-0.4, -0.2) is 39.8 Å². The maximum Gasteiger partial charge on any atom is 0.259 e. The van der Waals surface area contributed by atoms with Crippen molar-refractivity contribution in [3.05, 3.63) is 65.7 Å². The number of carbonyl (C=O) groups excluding carboxylic acids is 1. The molecule has 1 aliphatic rings. The van der Waals surface area contributed by atoms with Crippen LogP contribution in [0.1, 0.15) is 34.1 Å². The van der Waals surface area contributed by atoms with Crippen molar-refractivity contribution in [2.45, 2.75) is 25.3 Å². The second kappa shape index (κ2) is 7.19. The fourth-order valence-corrected chi connectivity index (χ4v) is 3.37. The molecule has 7 heteroatoms. The molecule has 3 heterocycles. The zero-order chi connectivity index (χ0) is 18.8. The van der Waals surface area contributed by atoms with E-state index in [0.29, 0.717) is 17.4 Å². The molecular formula is C20H22N6O. The van der Waals surface area contributed by atoms with Crippen LogP contribution in [0.4, 0.5) is 11.6 Å². The number of rotatable bonds is 4. The Hall–Kier alpha value is -3.22. The Kier molecular flexibility index (Phi) is 4.58. The van der Waals surface area contributed by atoms with E-state index in [1.165, 1.54) is 17.4 Å². The average molecular weight is 362 g/mol. The second-order valence-corrected chi connectivity index (χ2v) is 6.95. The number of amides is 1. The Morgan fingerprint density at radius 2 is 2.15 bits per heavy atom. The van der Waals surface area contributed by atoms with Crippen molar-refractivity contribution in [3.8, 4) is 0 Å². The van der Waals surface area contributed by atoms with Crippen molar-refractivity contribution >= 4 is 17.5 Å². The van der Waals surface area contributed by atoms with Crippen molar-refractivity contribution in [3.63, 3.8) is 0 Å². The van der Waals surface area contributed by atoms with Gasteiger partial charge >= 0.3 is 0 Å². The third kappa shape index (κ3) is 3.67. The number of aromatic nitrogens is 4. The summed E-state index contributed by atoms with van der Waals surface area (Å²) in [5.41, 5.74) is 3.00. The molecule has 1 N–H and O–H groups in total. The summed E-state index contributed by atoms with van der Waals surface area (Å²) < 4.78 is 1.89. The molecule has 7 nitrogen and oxygen atoms in total. The van der Waals surface area contributed by atoms with Crippen LogP contribution in [0.2, 0.25) is 0 Å². The summed E-state index contributed by atoms with van der Waals surface area (Å²) in [6.07, 6.45) is 4.98. The fourth-order valence-electron chi connectivity index (χ4n) is 3.37. The van der Waals surface area contributed by atoms with Crippen LogP contribution in [0.3, 0.4) is 0 Å². The van der Waals surface area contributed by atoms with E-state index in [9.17, 15) is 4.79 Å². The normalized spacial score (nSPS) is 15.9. The highest BCUT2D eigenvalue weighted by atomic mass is 16.1. The smallest absolute Gasteiger partial charge is 0.259 e. The van der Waals surface area contributed by atoms with Gasteiger partial charge in [-0.15, -0.1) is 5.10 Å². The summed E-state index contributed by atoms with van der Waals surface area (Å²) in [6.45, 7) is 0.794. The summed E-state index contributed by atoms with van der Waals surface area (Å²) in [5, 5.41) is 7.20. The van der Waals surface area contributed by atoms with Crippen molar-refractivity contribution in [2.75, 3.05) is 24.3 Å². The topological polar surface area (TPSA) is 75.9 Å². The number of nitrogens with zero attached hydrogens (tertiary/aromatic N) is 5. The molecule has 4 rings (SSSR count). The molecule has 0 radical (unpaired) electrons. The van der Waals surface area contributed by atoms with Crippen molar-refractivity contribution in [1.29, 1.82) is 0 Å². The number of hydrogen-bond donors (Lipinski definition) is 1. The lowest BCUT2D eigenvalue weighted by Crippen LogP contribution is -2.19. The number of anilines is 2. The minimum Gasteiger partial charge on any atom is -0.378 e.